The number of rotatable bonds is 8. The third kappa shape index (κ3) is 4.67. The Morgan fingerprint density at radius 2 is 1.81 bits per heavy atom. The van der Waals surface area contributed by atoms with Crippen LogP contribution in [0.2, 0.25) is 0 Å². The van der Waals surface area contributed by atoms with Gasteiger partial charge in [-0.2, -0.15) is 0 Å². The fourth-order valence-electron chi connectivity index (χ4n) is 2.61. The minimum Gasteiger partial charge on any atom is -0.492 e. The third-order valence-corrected chi connectivity index (χ3v) is 4.94. The Balaban J connectivity index is 1.53. The predicted molar refractivity (Wildman–Crippen MR) is 109 cm³/mol. The fourth-order valence-corrected chi connectivity index (χ4v) is 3.40. The van der Waals surface area contributed by atoms with E-state index in [0.717, 1.165) is 21.8 Å². The van der Waals surface area contributed by atoms with Crippen LogP contribution in [0, 0.1) is 0 Å². The summed E-state index contributed by atoms with van der Waals surface area (Å²) in [5.74, 6) is 1.49. The summed E-state index contributed by atoms with van der Waals surface area (Å²) in [5.41, 5.74) is 0.685. The molecule has 0 spiro atoms. The van der Waals surface area contributed by atoms with Gasteiger partial charge in [-0.15, -0.1) is 18.3 Å². The Bertz CT molecular complexity index is 907. The summed E-state index contributed by atoms with van der Waals surface area (Å²) in [6, 6.07) is 21.8. The zero-order chi connectivity index (χ0) is 18.2. The molecule has 3 aromatic carbocycles. The van der Waals surface area contributed by atoms with E-state index in [1.54, 1.807) is 11.8 Å². The summed E-state index contributed by atoms with van der Waals surface area (Å²) in [6.45, 7) is 4.59. The highest BCUT2D eigenvalue weighted by molar-refractivity contribution is 7.99. The number of hydrogen-bond acceptors (Lipinski definition) is 3. The summed E-state index contributed by atoms with van der Waals surface area (Å²) in [7, 11) is 0. The van der Waals surface area contributed by atoms with E-state index in [1.807, 2.05) is 60.7 Å². The number of benzene rings is 3. The minimum atomic E-state index is -0.0840. The van der Waals surface area contributed by atoms with Crippen molar-refractivity contribution >= 4 is 28.4 Å². The zero-order valence-corrected chi connectivity index (χ0v) is 15.3. The second-order valence-corrected chi connectivity index (χ2v) is 6.77. The molecule has 0 bridgehead atoms. The van der Waals surface area contributed by atoms with Gasteiger partial charge in [0.15, 0.2) is 0 Å². The molecule has 4 heteroatoms. The highest BCUT2D eigenvalue weighted by atomic mass is 32.2. The van der Waals surface area contributed by atoms with Crippen molar-refractivity contribution in [2.45, 2.75) is 4.90 Å². The molecule has 132 valence electrons. The predicted octanol–water partition coefficient (Wildman–Crippen LogP) is 4.93. The van der Waals surface area contributed by atoms with Crippen LogP contribution < -0.4 is 10.1 Å². The Morgan fingerprint density at radius 3 is 2.65 bits per heavy atom. The van der Waals surface area contributed by atoms with Crippen LogP contribution in [-0.2, 0) is 0 Å². The van der Waals surface area contributed by atoms with Crippen LogP contribution in [-0.4, -0.2) is 24.8 Å². The van der Waals surface area contributed by atoms with E-state index >= 15 is 0 Å². The molecular formula is C22H21NO2S. The number of nitrogens with one attached hydrogen (secondary N) is 1. The Kier molecular flexibility index (Phi) is 6.34. The Labute approximate surface area is 158 Å². The fraction of sp³-hybridized carbons (Fsp3) is 0.136. The molecule has 0 radical (unpaired) electrons. The van der Waals surface area contributed by atoms with Gasteiger partial charge in [0.05, 0.1) is 12.1 Å². The molecule has 0 aliphatic carbocycles. The summed E-state index contributed by atoms with van der Waals surface area (Å²) in [5, 5.41) is 5.24. The average Bonchev–Trinajstić information content (AvgIpc) is 2.69. The number of ether oxygens (including phenoxy) is 1. The van der Waals surface area contributed by atoms with Crippen LogP contribution in [0.3, 0.4) is 0 Å². The lowest BCUT2D eigenvalue weighted by atomic mass is 10.1. The molecular weight excluding hydrogens is 342 g/mol. The average molecular weight is 363 g/mol. The largest absolute Gasteiger partial charge is 0.492 e. The van der Waals surface area contributed by atoms with Crippen molar-refractivity contribution in [3.8, 4) is 5.75 Å². The van der Waals surface area contributed by atoms with Gasteiger partial charge in [-0.1, -0.05) is 48.5 Å². The van der Waals surface area contributed by atoms with Crippen LogP contribution in [0.1, 0.15) is 10.4 Å². The van der Waals surface area contributed by atoms with E-state index in [2.05, 4.69) is 24.0 Å². The first-order valence-electron chi connectivity index (χ1n) is 8.50. The van der Waals surface area contributed by atoms with Crippen molar-refractivity contribution in [3.05, 3.63) is 84.9 Å². The van der Waals surface area contributed by atoms with E-state index in [9.17, 15) is 4.79 Å². The molecule has 26 heavy (non-hydrogen) atoms. The first kappa shape index (κ1) is 18.1. The maximum atomic E-state index is 12.4. The molecule has 0 heterocycles. The van der Waals surface area contributed by atoms with Gasteiger partial charge in [0.2, 0.25) is 0 Å². The first-order chi connectivity index (χ1) is 12.8. The molecule has 3 nitrogen and oxygen atoms in total. The van der Waals surface area contributed by atoms with E-state index in [-0.39, 0.29) is 5.91 Å². The molecule has 1 amide bonds. The van der Waals surface area contributed by atoms with Crippen LogP contribution in [0.4, 0.5) is 0 Å². The first-order valence-corrected chi connectivity index (χ1v) is 9.49. The lowest BCUT2D eigenvalue weighted by Crippen LogP contribution is -2.28. The molecule has 0 aliphatic rings. The molecule has 0 saturated heterocycles. The monoisotopic (exact) mass is 363 g/mol. The lowest BCUT2D eigenvalue weighted by Gasteiger charge is -2.10. The van der Waals surface area contributed by atoms with Gasteiger partial charge in [0.25, 0.3) is 5.91 Å². The molecule has 3 rings (SSSR count). The molecule has 0 aliphatic heterocycles. The molecule has 3 aromatic rings. The van der Waals surface area contributed by atoms with Gasteiger partial charge >= 0.3 is 0 Å². The van der Waals surface area contributed by atoms with Crippen LogP contribution in [0.25, 0.3) is 10.8 Å². The van der Waals surface area contributed by atoms with Gasteiger partial charge in [-0.3, -0.25) is 4.79 Å². The summed E-state index contributed by atoms with van der Waals surface area (Å²) in [4.78, 5) is 13.4. The summed E-state index contributed by atoms with van der Waals surface area (Å²) >= 11 is 1.60. The summed E-state index contributed by atoms with van der Waals surface area (Å²) < 4.78 is 5.76. The molecule has 0 aromatic heterocycles. The number of carbonyl (C=O) groups excluding carboxylic acids is 1. The zero-order valence-electron chi connectivity index (χ0n) is 14.5. The standard InChI is InChI=1S/C22H21NO2S/c1-2-15-26-21-10-6-5-9-20(21)22(24)23-13-14-25-19-12-11-17-7-3-4-8-18(17)16-19/h2-12,16H,1,13-15H2,(H,23,24). The van der Waals surface area contributed by atoms with E-state index < -0.39 is 0 Å². The molecule has 0 atom stereocenters. The Hall–Kier alpha value is -2.72. The number of fused-ring (bicyclic) bond motifs is 1. The van der Waals surface area contributed by atoms with E-state index in [0.29, 0.717) is 18.7 Å². The van der Waals surface area contributed by atoms with Crippen LogP contribution in [0.5, 0.6) is 5.75 Å². The van der Waals surface area contributed by atoms with Crippen molar-refractivity contribution in [3.63, 3.8) is 0 Å². The van der Waals surface area contributed by atoms with Crippen LogP contribution in [0.15, 0.2) is 84.3 Å². The SMILES string of the molecule is C=CCSc1ccccc1C(=O)NCCOc1ccc2ccccc2c1. The topological polar surface area (TPSA) is 38.3 Å². The molecule has 0 saturated carbocycles. The quantitative estimate of drug-likeness (QED) is 0.350. The smallest absolute Gasteiger partial charge is 0.252 e. The number of carbonyl (C=O) groups is 1. The number of amides is 1. The minimum absolute atomic E-state index is 0.0840. The highest BCUT2D eigenvalue weighted by Crippen LogP contribution is 2.23. The molecule has 0 unspecified atom stereocenters. The van der Waals surface area contributed by atoms with E-state index in [1.165, 1.54) is 5.39 Å². The van der Waals surface area contributed by atoms with Gasteiger partial charge in [0, 0.05) is 10.6 Å². The number of hydrogen-bond donors (Lipinski definition) is 1. The van der Waals surface area contributed by atoms with Crippen molar-refractivity contribution in [1.29, 1.82) is 0 Å². The second kappa shape index (κ2) is 9.11. The highest BCUT2D eigenvalue weighted by Gasteiger charge is 2.10. The second-order valence-electron chi connectivity index (χ2n) is 5.71. The van der Waals surface area contributed by atoms with Gasteiger partial charge < -0.3 is 10.1 Å². The normalized spacial score (nSPS) is 10.5. The van der Waals surface area contributed by atoms with Gasteiger partial charge in [-0.25, -0.2) is 0 Å². The summed E-state index contributed by atoms with van der Waals surface area (Å²) in [6.07, 6.45) is 1.83. The van der Waals surface area contributed by atoms with E-state index in [4.69, 9.17) is 4.74 Å². The Morgan fingerprint density at radius 1 is 1.04 bits per heavy atom. The van der Waals surface area contributed by atoms with Crippen molar-refractivity contribution < 1.29 is 9.53 Å². The van der Waals surface area contributed by atoms with Crippen LogP contribution >= 0.6 is 11.8 Å². The maximum absolute atomic E-state index is 12.4. The van der Waals surface area contributed by atoms with Gasteiger partial charge in [-0.05, 0) is 35.0 Å². The van der Waals surface area contributed by atoms with Crippen molar-refractivity contribution in [2.75, 3.05) is 18.9 Å². The van der Waals surface area contributed by atoms with Gasteiger partial charge in [0.1, 0.15) is 12.4 Å². The number of thioether (sulfide) groups is 1. The third-order valence-electron chi connectivity index (χ3n) is 3.87. The van der Waals surface area contributed by atoms with Crippen molar-refractivity contribution in [2.24, 2.45) is 0 Å². The lowest BCUT2D eigenvalue weighted by molar-refractivity contribution is 0.0944. The van der Waals surface area contributed by atoms with Crippen molar-refractivity contribution in [1.82, 2.24) is 5.32 Å². The maximum Gasteiger partial charge on any atom is 0.252 e. The molecule has 1 N–H and O–H groups in total. The molecule has 0 fully saturated rings.